The number of hydrogen-bond donors (Lipinski definition) is 2. The molecule has 0 aliphatic rings. The smallest absolute Gasteiger partial charge is 0.169 e. The third-order valence-electron chi connectivity index (χ3n) is 5.41. The van der Waals surface area contributed by atoms with E-state index in [-0.39, 0.29) is 23.1 Å². The van der Waals surface area contributed by atoms with Gasteiger partial charge in [0, 0.05) is 0 Å². The Morgan fingerprint density at radius 2 is 1.19 bits per heavy atom. The molecule has 2 aromatic carbocycles. The molecule has 0 atom stereocenters. The second-order valence-electron chi connectivity index (χ2n) is 7.05. The minimum atomic E-state index is -1.17. The normalized spacial score (nSPS) is 11.7. The van der Waals surface area contributed by atoms with Crippen LogP contribution in [0.5, 0.6) is 23.0 Å². The topological polar surface area (TPSA) is 93.1 Å². The van der Waals surface area contributed by atoms with E-state index in [0.29, 0.717) is 35.5 Å². The number of rotatable bonds is 10. The van der Waals surface area contributed by atoms with E-state index in [0.717, 1.165) is 0 Å². The second-order valence-corrected chi connectivity index (χ2v) is 7.05. The average molecular weight is 424 g/mol. The lowest BCUT2D eigenvalue weighted by atomic mass is 9.74. The first-order valence-electron chi connectivity index (χ1n) is 10.00. The van der Waals surface area contributed by atoms with Gasteiger partial charge in [-0.15, -0.1) is 0 Å². The summed E-state index contributed by atoms with van der Waals surface area (Å²) in [6.45, 7) is 3.63. The summed E-state index contributed by atoms with van der Waals surface area (Å²) in [5, 5.41) is 19.4. The van der Waals surface area contributed by atoms with Crippen LogP contribution in [0.25, 0.3) is 12.2 Å². The molecule has 2 N–H and O–H groups in total. The monoisotopic (exact) mass is 424 g/mol. The fraction of sp³-hybridized carbons (Fsp3) is 0.280. The summed E-state index contributed by atoms with van der Waals surface area (Å²) in [6.07, 6.45) is 6.71. The number of phenolic OH excluding ortho intramolecular Hbond substituents is 2. The van der Waals surface area contributed by atoms with E-state index >= 15 is 0 Å². The number of hydrogen-bond acceptors (Lipinski definition) is 6. The molecular weight excluding hydrogens is 396 g/mol. The van der Waals surface area contributed by atoms with E-state index in [1.165, 1.54) is 38.5 Å². The fourth-order valence-electron chi connectivity index (χ4n) is 3.33. The molecule has 0 unspecified atom stereocenters. The lowest BCUT2D eigenvalue weighted by molar-refractivity contribution is -0.135. The van der Waals surface area contributed by atoms with Gasteiger partial charge in [0.2, 0.25) is 0 Å². The molecule has 0 aliphatic heterocycles. The zero-order chi connectivity index (χ0) is 23.0. The van der Waals surface area contributed by atoms with Gasteiger partial charge in [0.25, 0.3) is 0 Å². The Hall–Kier alpha value is -3.54. The van der Waals surface area contributed by atoms with E-state index in [1.807, 2.05) is 13.8 Å². The van der Waals surface area contributed by atoms with Crippen LogP contribution in [0.4, 0.5) is 0 Å². The van der Waals surface area contributed by atoms with Crippen LogP contribution in [0.15, 0.2) is 48.6 Å². The molecule has 31 heavy (non-hydrogen) atoms. The maximum Gasteiger partial charge on any atom is 0.169 e. The third-order valence-corrected chi connectivity index (χ3v) is 5.41. The average Bonchev–Trinajstić information content (AvgIpc) is 2.79. The first-order chi connectivity index (χ1) is 14.8. The first kappa shape index (κ1) is 23.7. The van der Waals surface area contributed by atoms with Gasteiger partial charge in [-0.25, -0.2) is 0 Å². The van der Waals surface area contributed by atoms with Crippen molar-refractivity contribution in [3.05, 3.63) is 59.7 Å². The number of allylic oxidation sites excluding steroid dienone is 2. The summed E-state index contributed by atoms with van der Waals surface area (Å²) in [5.74, 6) is 0.0394. The van der Waals surface area contributed by atoms with Crippen molar-refractivity contribution in [2.75, 3.05) is 14.2 Å². The van der Waals surface area contributed by atoms with Crippen molar-refractivity contribution in [2.24, 2.45) is 5.41 Å². The highest BCUT2D eigenvalue weighted by Gasteiger charge is 2.39. The number of ether oxygens (including phenoxy) is 2. The fourth-order valence-corrected chi connectivity index (χ4v) is 3.33. The highest BCUT2D eigenvalue weighted by atomic mass is 16.5. The zero-order valence-electron chi connectivity index (χ0n) is 18.2. The van der Waals surface area contributed by atoms with Crippen LogP contribution in [-0.4, -0.2) is 36.0 Å². The number of phenols is 2. The molecule has 0 saturated heterocycles. The van der Waals surface area contributed by atoms with Crippen molar-refractivity contribution in [3.8, 4) is 23.0 Å². The lowest BCUT2D eigenvalue weighted by Crippen LogP contribution is -2.36. The molecular formula is C25H28O6. The summed E-state index contributed by atoms with van der Waals surface area (Å²) in [6, 6.07) is 9.49. The van der Waals surface area contributed by atoms with Gasteiger partial charge in [0.15, 0.2) is 34.6 Å². The van der Waals surface area contributed by atoms with Crippen LogP contribution in [0.1, 0.15) is 37.8 Å². The predicted molar refractivity (Wildman–Crippen MR) is 120 cm³/mol. The van der Waals surface area contributed by atoms with Crippen LogP contribution in [0.2, 0.25) is 0 Å². The standard InChI is InChI=1S/C25H28O6/c1-5-25(6-2,23(28)13-9-17-7-11-19(26)21(15-17)30-3)24(29)14-10-18-8-12-20(27)22(16-18)31-4/h7-16,26-27H,5-6H2,1-4H3/b13-9+,14-10+. The van der Waals surface area contributed by atoms with Crippen molar-refractivity contribution in [2.45, 2.75) is 26.7 Å². The molecule has 0 spiro atoms. The zero-order valence-corrected chi connectivity index (χ0v) is 18.2. The maximum absolute atomic E-state index is 13.0. The molecule has 2 aromatic rings. The van der Waals surface area contributed by atoms with Gasteiger partial charge in [-0.2, -0.15) is 0 Å². The van der Waals surface area contributed by atoms with Gasteiger partial charge in [0.1, 0.15) is 0 Å². The Morgan fingerprint density at radius 1 is 0.806 bits per heavy atom. The number of carbonyl (C=O) groups is 2. The summed E-state index contributed by atoms with van der Waals surface area (Å²) < 4.78 is 10.2. The Labute approximate surface area is 182 Å². The number of carbonyl (C=O) groups excluding carboxylic acids is 2. The van der Waals surface area contributed by atoms with Gasteiger partial charge < -0.3 is 19.7 Å². The number of methoxy groups -OCH3 is 2. The largest absolute Gasteiger partial charge is 0.504 e. The Kier molecular flexibility index (Phi) is 8.02. The molecule has 0 saturated carbocycles. The van der Waals surface area contributed by atoms with Crippen molar-refractivity contribution in [1.29, 1.82) is 0 Å². The quantitative estimate of drug-likeness (QED) is 0.421. The Morgan fingerprint density at radius 3 is 1.52 bits per heavy atom. The van der Waals surface area contributed by atoms with Gasteiger partial charge in [-0.1, -0.05) is 38.1 Å². The molecule has 0 heterocycles. The minimum absolute atomic E-state index is 0.00798. The molecule has 0 fully saturated rings. The number of benzene rings is 2. The molecule has 0 aromatic heterocycles. The summed E-state index contributed by atoms with van der Waals surface area (Å²) >= 11 is 0. The van der Waals surface area contributed by atoms with Crippen molar-refractivity contribution < 1.29 is 29.3 Å². The van der Waals surface area contributed by atoms with E-state index in [1.54, 1.807) is 36.4 Å². The molecule has 0 aliphatic carbocycles. The number of aromatic hydroxyl groups is 2. The summed E-state index contributed by atoms with van der Waals surface area (Å²) in [7, 11) is 2.89. The van der Waals surface area contributed by atoms with Gasteiger partial charge in [-0.3, -0.25) is 9.59 Å². The molecule has 2 rings (SSSR count). The number of ketones is 2. The predicted octanol–water partition coefficient (Wildman–Crippen LogP) is 4.79. The van der Waals surface area contributed by atoms with Crippen LogP contribution in [-0.2, 0) is 9.59 Å². The van der Waals surface area contributed by atoms with Gasteiger partial charge >= 0.3 is 0 Å². The van der Waals surface area contributed by atoms with Crippen LogP contribution in [0, 0.1) is 5.41 Å². The Bertz CT molecular complexity index is 922. The van der Waals surface area contributed by atoms with Gasteiger partial charge in [0.05, 0.1) is 19.6 Å². The molecule has 0 radical (unpaired) electrons. The SMILES string of the molecule is CCC(CC)(C(=O)/C=C/c1ccc(O)c(OC)c1)C(=O)/C=C/c1ccc(O)c(OC)c1. The van der Waals surface area contributed by atoms with Crippen molar-refractivity contribution in [1.82, 2.24) is 0 Å². The third kappa shape index (κ3) is 5.34. The molecule has 0 amide bonds. The second kappa shape index (κ2) is 10.5. The molecule has 0 bridgehead atoms. The molecule has 6 nitrogen and oxygen atoms in total. The van der Waals surface area contributed by atoms with E-state index in [2.05, 4.69) is 0 Å². The van der Waals surface area contributed by atoms with E-state index < -0.39 is 5.41 Å². The molecule has 6 heteroatoms. The highest BCUT2D eigenvalue weighted by Crippen LogP contribution is 2.32. The van der Waals surface area contributed by atoms with Gasteiger partial charge in [-0.05, 0) is 60.4 Å². The maximum atomic E-state index is 13.0. The lowest BCUT2D eigenvalue weighted by Gasteiger charge is -2.25. The minimum Gasteiger partial charge on any atom is -0.504 e. The van der Waals surface area contributed by atoms with Crippen LogP contribution >= 0.6 is 0 Å². The highest BCUT2D eigenvalue weighted by molar-refractivity contribution is 6.17. The Balaban J connectivity index is 2.27. The first-order valence-corrected chi connectivity index (χ1v) is 10.00. The van der Waals surface area contributed by atoms with Crippen molar-refractivity contribution in [3.63, 3.8) is 0 Å². The molecule has 164 valence electrons. The van der Waals surface area contributed by atoms with Crippen LogP contribution < -0.4 is 9.47 Å². The summed E-state index contributed by atoms with van der Waals surface area (Å²) in [5.41, 5.74) is 0.168. The van der Waals surface area contributed by atoms with Crippen molar-refractivity contribution >= 4 is 23.7 Å². The van der Waals surface area contributed by atoms with Crippen LogP contribution in [0.3, 0.4) is 0 Å². The van der Waals surface area contributed by atoms with E-state index in [9.17, 15) is 19.8 Å². The van der Waals surface area contributed by atoms with E-state index in [4.69, 9.17) is 9.47 Å². The summed E-state index contributed by atoms with van der Waals surface area (Å²) in [4.78, 5) is 26.1.